The van der Waals surface area contributed by atoms with Crippen LogP contribution in [0, 0.1) is 6.92 Å². The highest BCUT2D eigenvalue weighted by Gasteiger charge is 2.07. The predicted octanol–water partition coefficient (Wildman–Crippen LogP) is 5.18. The van der Waals surface area contributed by atoms with Crippen molar-refractivity contribution in [2.45, 2.75) is 19.8 Å². The molecular formula is C21H20. The summed E-state index contributed by atoms with van der Waals surface area (Å²) in [5.41, 5.74) is 7.03. The van der Waals surface area contributed by atoms with Gasteiger partial charge in [0.1, 0.15) is 0 Å². The zero-order chi connectivity index (χ0) is 14.5. The number of benzene rings is 3. The van der Waals surface area contributed by atoms with E-state index < -0.39 is 0 Å². The van der Waals surface area contributed by atoms with E-state index in [1.54, 1.807) is 0 Å². The molecule has 0 bridgehead atoms. The van der Waals surface area contributed by atoms with Gasteiger partial charge < -0.3 is 0 Å². The summed E-state index contributed by atoms with van der Waals surface area (Å²) in [7, 11) is 0. The lowest BCUT2D eigenvalue weighted by Crippen LogP contribution is -2.00. The van der Waals surface area contributed by atoms with Gasteiger partial charge in [-0.2, -0.15) is 0 Å². The molecule has 0 amide bonds. The average Bonchev–Trinajstić information content (AvgIpc) is 2.53. The molecule has 3 aromatic rings. The minimum Gasteiger partial charge on any atom is -0.0622 e. The van der Waals surface area contributed by atoms with Gasteiger partial charge in [0.2, 0.25) is 0 Å². The Balaban J connectivity index is 1.92. The van der Waals surface area contributed by atoms with Gasteiger partial charge in [-0.1, -0.05) is 78.9 Å². The summed E-state index contributed by atoms with van der Waals surface area (Å²) in [4.78, 5) is 0. The van der Waals surface area contributed by atoms with Gasteiger partial charge in [-0.05, 0) is 47.6 Å². The molecule has 0 atom stereocenters. The molecule has 0 unspecified atom stereocenters. The third-order valence-electron chi connectivity index (χ3n) is 3.97. The Labute approximate surface area is 127 Å². The summed E-state index contributed by atoms with van der Waals surface area (Å²) in [6.07, 6.45) is 2.01. The van der Waals surface area contributed by atoms with Crippen molar-refractivity contribution in [1.29, 1.82) is 0 Å². The molecule has 104 valence electrons. The van der Waals surface area contributed by atoms with Crippen molar-refractivity contribution in [2.24, 2.45) is 0 Å². The summed E-state index contributed by atoms with van der Waals surface area (Å²) >= 11 is 0. The third kappa shape index (κ3) is 3.41. The number of rotatable bonds is 4. The lowest BCUT2D eigenvalue weighted by molar-refractivity contribution is 1.07. The topological polar surface area (TPSA) is 0 Å². The average molecular weight is 272 g/mol. The maximum absolute atomic E-state index is 2.26. The lowest BCUT2D eigenvalue weighted by Gasteiger charge is -2.13. The van der Waals surface area contributed by atoms with Crippen LogP contribution >= 0.6 is 0 Å². The molecule has 0 spiro atoms. The Bertz CT molecular complexity index is 697. The first-order chi connectivity index (χ1) is 10.3. The summed E-state index contributed by atoms with van der Waals surface area (Å²) < 4.78 is 0. The molecule has 0 fully saturated rings. The van der Waals surface area contributed by atoms with E-state index >= 15 is 0 Å². The zero-order valence-corrected chi connectivity index (χ0v) is 12.4. The van der Waals surface area contributed by atoms with Gasteiger partial charge >= 0.3 is 0 Å². The molecule has 0 radical (unpaired) electrons. The van der Waals surface area contributed by atoms with E-state index in [0.29, 0.717) is 0 Å². The first-order valence-electron chi connectivity index (χ1n) is 7.48. The molecule has 3 aromatic carbocycles. The molecular weight excluding hydrogens is 252 g/mol. The fraction of sp³-hybridized carbons (Fsp3) is 0.143. The van der Waals surface area contributed by atoms with E-state index in [4.69, 9.17) is 0 Å². The second-order valence-corrected chi connectivity index (χ2v) is 5.54. The monoisotopic (exact) mass is 272 g/mol. The van der Waals surface area contributed by atoms with Crippen molar-refractivity contribution in [3.63, 3.8) is 0 Å². The van der Waals surface area contributed by atoms with Crippen LogP contribution in [0.5, 0.6) is 0 Å². The quantitative estimate of drug-likeness (QED) is 0.614. The third-order valence-corrected chi connectivity index (χ3v) is 3.97. The van der Waals surface area contributed by atoms with Gasteiger partial charge in [0.15, 0.2) is 0 Å². The summed E-state index contributed by atoms with van der Waals surface area (Å²) in [6, 6.07) is 28.1. The van der Waals surface area contributed by atoms with E-state index in [0.717, 1.165) is 12.8 Å². The van der Waals surface area contributed by atoms with Crippen molar-refractivity contribution < 1.29 is 0 Å². The normalized spacial score (nSPS) is 10.5. The van der Waals surface area contributed by atoms with Crippen molar-refractivity contribution >= 4 is 0 Å². The molecule has 0 saturated carbocycles. The Morgan fingerprint density at radius 1 is 0.571 bits per heavy atom. The highest BCUT2D eigenvalue weighted by Crippen LogP contribution is 2.21. The fourth-order valence-electron chi connectivity index (χ4n) is 2.80. The fourth-order valence-corrected chi connectivity index (χ4v) is 2.80. The van der Waals surface area contributed by atoms with Crippen molar-refractivity contribution in [3.05, 3.63) is 107 Å². The van der Waals surface area contributed by atoms with Gasteiger partial charge in [-0.25, -0.2) is 0 Å². The highest BCUT2D eigenvalue weighted by molar-refractivity contribution is 5.41. The Morgan fingerprint density at radius 3 is 1.76 bits per heavy atom. The molecule has 0 N–H and O–H groups in total. The van der Waals surface area contributed by atoms with E-state index in [1.807, 2.05) is 0 Å². The molecule has 0 nitrogen and oxygen atoms in total. The van der Waals surface area contributed by atoms with Crippen LogP contribution in [-0.2, 0) is 12.8 Å². The maximum Gasteiger partial charge on any atom is -0.00203 e. The van der Waals surface area contributed by atoms with Crippen LogP contribution in [0.2, 0.25) is 0 Å². The Morgan fingerprint density at radius 2 is 1.14 bits per heavy atom. The molecule has 0 heterocycles. The Hall–Kier alpha value is -2.34. The van der Waals surface area contributed by atoms with Crippen LogP contribution in [0.3, 0.4) is 0 Å². The summed E-state index contributed by atoms with van der Waals surface area (Å²) in [5, 5.41) is 0. The van der Waals surface area contributed by atoms with Crippen LogP contribution in [0.1, 0.15) is 27.8 Å². The minimum absolute atomic E-state index is 1.00. The van der Waals surface area contributed by atoms with E-state index in [-0.39, 0.29) is 0 Å². The van der Waals surface area contributed by atoms with Crippen molar-refractivity contribution in [3.8, 4) is 0 Å². The highest BCUT2D eigenvalue weighted by atomic mass is 14.1. The van der Waals surface area contributed by atoms with E-state index in [2.05, 4.69) is 85.8 Å². The van der Waals surface area contributed by atoms with Gasteiger partial charge in [0, 0.05) is 0 Å². The number of hydrogen-bond donors (Lipinski definition) is 0. The number of hydrogen-bond acceptors (Lipinski definition) is 0. The molecule has 0 heteroatoms. The van der Waals surface area contributed by atoms with Gasteiger partial charge in [0.25, 0.3) is 0 Å². The predicted molar refractivity (Wildman–Crippen MR) is 89.7 cm³/mol. The molecule has 0 aromatic heterocycles. The van der Waals surface area contributed by atoms with Gasteiger partial charge in [-0.15, -0.1) is 0 Å². The summed E-state index contributed by atoms with van der Waals surface area (Å²) in [6.45, 7) is 2.22. The van der Waals surface area contributed by atoms with Gasteiger partial charge in [-0.3, -0.25) is 0 Å². The summed E-state index contributed by atoms with van der Waals surface area (Å²) in [5.74, 6) is 0. The second kappa shape index (κ2) is 6.41. The van der Waals surface area contributed by atoms with Crippen LogP contribution in [-0.4, -0.2) is 0 Å². The van der Waals surface area contributed by atoms with Crippen LogP contribution < -0.4 is 0 Å². The molecule has 21 heavy (non-hydrogen) atoms. The van der Waals surface area contributed by atoms with Crippen LogP contribution in [0.25, 0.3) is 0 Å². The molecule has 3 rings (SSSR count). The maximum atomic E-state index is 2.26. The Kier molecular flexibility index (Phi) is 4.16. The smallest absolute Gasteiger partial charge is 0.00203 e. The van der Waals surface area contributed by atoms with E-state index in [1.165, 1.54) is 27.8 Å². The van der Waals surface area contributed by atoms with Crippen LogP contribution in [0.15, 0.2) is 78.9 Å². The second-order valence-electron chi connectivity index (χ2n) is 5.54. The SMILES string of the molecule is Cc1cccc(Cc2ccccc2)c1Cc1ccccc1. The lowest BCUT2D eigenvalue weighted by atomic mass is 9.92. The largest absolute Gasteiger partial charge is 0.0622 e. The first-order valence-corrected chi connectivity index (χ1v) is 7.48. The van der Waals surface area contributed by atoms with Crippen molar-refractivity contribution in [1.82, 2.24) is 0 Å². The van der Waals surface area contributed by atoms with Crippen molar-refractivity contribution in [2.75, 3.05) is 0 Å². The minimum atomic E-state index is 1.00. The molecule has 0 aliphatic carbocycles. The number of aryl methyl sites for hydroxylation is 1. The molecule has 0 saturated heterocycles. The molecule has 0 aliphatic heterocycles. The van der Waals surface area contributed by atoms with Gasteiger partial charge in [0.05, 0.1) is 0 Å². The first kappa shape index (κ1) is 13.6. The van der Waals surface area contributed by atoms with E-state index in [9.17, 15) is 0 Å². The standard InChI is InChI=1S/C21H20/c1-17-9-8-14-20(15-18-10-4-2-5-11-18)21(17)16-19-12-6-3-7-13-19/h2-14H,15-16H2,1H3. The zero-order valence-electron chi connectivity index (χ0n) is 12.4. The van der Waals surface area contributed by atoms with Crippen LogP contribution in [0.4, 0.5) is 0 Å². The molecule has 0 aliphatic rings.